The van der Waals surface area contributed by atoms with E-state index in [0.29, 0.717) is 34.4 Å². The predicted molar refractivity (Wildman–Crippen MR) is 182 cm³/mol. The predicted octanol–water partition coefficient (Wildman–Crippen LogP) is 3.09. The van der Waals surface area contributed by atoms with Crippen molar-refractivity contribution < 1.29 is 18.4 Å². The van der Waals surface area contributed by atoms with Gasteiger partial charge >= 0.3 is 0 Å². The number of carbonyl (C=O) groups is 2. The number of allylic oxidation sites excluding steroid dienone is 4. The molecule has 240 valence electrons. The number of hydrogen-bond acceptors (Lipinski definition) is 6. The van der Waals surface area contributed by atoms with Crippen LogP contribution in [0.4, 0.5) is 8.78 Å². The highest BCUT2D eigenvalue weighted by Gasteiger charge is 2.38. The molecule has 5 N–H and O–H groups in total. The van der Waals surface area contributed by atoms with Gasteiger partial charge in [-0.05, 0) is 91.1 Å². The minimum atomic E-state index is -1.57. The van der Waals surface area contributed by atoms with Crippen LogP contribution in [0.3, 0.4) is 0 Å². The number of fused-ring (bicyclic) bond motifs is 6. The standard InChI is InChI=1S/C37H25F2N7O3/c38-20-3-8-27(31(39)12-20)29-18-40-19-30(34(29)47)36(49)46-37-10-9-26(45-37)14-24-5-4-22(42-24)13-23-6-7-25(43-23)16-32-35(48)28(33(17-37)44-32)15-21-2-1-11-41-21/h1-19,32,41-42,44H,(H,40,47)(H,46,49)/b22-13?,24-14?,25-16?,28-15?,33-17-. The van der Waals surface area contributed by atoms with Gasteiger partial charge in [-0.3, -0.25) is 14.4 Å². The zero-order valence-electron chi connectivity index (χ0n) is 25.4. The average molecular weight is 654 g/mol. The number of halogens is 2. The number of rotatable bonds is 4. The third-order valence-corrected chi connectivity index (χ3v) is 8.34. The molecule has 0 spiro atoms. The molecule has 49 heavy (non-hydrogen) atoms. The molecule has 8 rings (SSSR count). The summed E-state index contributed by atoms with van der Waals surface area (Å²) in [4.78, 5) is 60.0. The number of Topliss-reactive ketones (excluding diaryl/α,β-unsaturated/α-hetero) is 1. The van der Waals surface area contributed by atoms with Gasteiger partial charge in [0.05, 0.1) is 17.1 Å². The number of nitrogens with zero attached hydrogens (tertiary/aromatic N) is 2. The lowest BCUT2D eigenvalue weighted by atomic mass is 10.0. The smallest absolute Gasteiger partial charge is 0.259 e. The summed E-state index contributed by atoms with van der Waals surface area (Å²) in [6.45, 7) is 0. The summed E-state index contributed by atoms with van der Waals surface area (Å²) in [5.41, 5.74) is 0.232. The second-order valence-electron chi connectivity index (χ2n) is 11.7. The molecule has 10 nitrogen and oxygen atoms in total. The summed E-state index contributed by atoms with van der Waals surface area (Å²) in [7, 11) is 0. The number of ketones is 1. The molecule has 1 saturated heterocycles. The Labute approximate surface area is 276 Å². The normalized spacial score (nSPS) is 22.4. The van der Waals surface area contributed by atoms with Crippen molar-refractivity contribution in [1.82, 2.24) is 25.6 Å². The monoisotopic (exact) mass is 653 g/mol. The van der Waals surface area contributed by atoms with Gasteiger partial charge in [0.15, 0.2) is 11.4 Å². The summed E-state index contributed by atoms with van der Waals surface area (Å²) in [6.07, 6.45) is 20.0. The number of amides is 1. The first-order valence-corrected chi connectivity index (χ1v) is 15.3. The maximum absolute atomic E-state index is 14.7. The molecule has 4 aliphatic rings. The van der Waals surface area contributed by atoms with Gasteiger partial charge in [0.25, 0.3) is 5.91 Å². The lowest BCUT2D eigenvalue weighted by Crippen LogP contribution is -2.45. The molecule has 4 aliphatic heterocycles. The molecule has 0 saturated carbocycles. The summed E-state index contributed by atoms with van der Waals surface area (Å²) >= 11 is 0. The van der Waals surface area contributed by atoms with E-state index in [4.69, 9.17) is 4.99 Å². The maximum Gasteiger partial charge on any atom is 0.259 e. The van der Waals surface area contributed by atoms with E-state index < -0.39 is 34.7 Å². The van der Waals surface area contributed by atoms with Crippen molar-refractivity contribution in [3.63, 3.8) is 0 Å². The van der Waals surface area contributed by atoms with Crippen LogP contribution >= 0.6 is 0 Å². The average Bonchev–Trinajstić information content (AvgIpc) is 3.91. The minimum Gasteiger partial charge on any atom is -0.371 e. The third kappa shape index (κ3) is 5.65. The Morgan fingerprint density at radius 3 is 2.59 bits per heavy atom. The quantitative estimate of drug-likeness (QED) is 0.216. The van der Waals surface area contributed by atoms with E-state index in [2.05, 4.69) is 30.6 Å². The molecule has 0 radical (unpaired) electrons. The van der Waals surface area contributed by atoms with E-state index >= 15 is 0 Å². The number of hydrogen-bond donors (Lipinski definition) is 5. The molecule has 4 aromatic rings. The van der Waals surface area contributed by atoms with Crippen LogP contribution < -0.4 is 26.8 Å². The first-order chi connectivity index (χ1) is 23.7. The molecule has 1 fully saturated rings. The SMILES string of the molecule is O=C(NC12C=CC(=N1)C=c1ccc([nH]1)=CC1=NC(=CC3N/C(=C\2)C(=Cc2ccc[nH]2)C3=O)C=C1)c1c[nH]cc(-c2ccc(F)cc2F)c1=O. The van der Waals surface area contributed by atoms with Crippen molar-refractivity contribution in [2.24, 2.45) is 9.98 Å². The van der Waals surface area contributed by atoms with Gasteiger partial charge in [-0.2, -0.15) is 0 Å². The minimum absolute atomic E-state index is 0.153. The van der Waals surface area contributed by atoms with Gasteiger partial charge in [-0.15, -0.1) is 0 Å². The highest BCUT2D eigenvalue weighted by molar-refractivity contribution is 6.20. The zero-order chi connectivity index (χ0) is 33.7. The Hall–Kier alpha value is -6.69. The van der Waals surface area contributed by atoms with Gasteiger partial charge < -0.3 is 25.6 Å². The summed E-state index contributed by atoms with van der Waals surface area (Å²) in [5, 5.41) is 7.67. The van der Waals surface area contributed by atoms with Crippen LogP contribution in [0.1, 0.15) is 16.1 Å². The number of pyridine rings is 1. The number of aromatic amines is 3. The maximum atomic E-state index is 14.7. The Bertz CT molecular complexity index is 2490. The first kappa shape index (κ1) is 29.7. The lowest BCUT2D eigenvalue weighted by molar-refractivity contribution is -0.114. The van der Waals surface area contributed by atoms with Gasteiger partial charge in [0.2, 0.25) is 5.43 Å². The Morgan fingerprint density at radius 1 is 0.959 bits per heavy atom. The molecule has 0 aliphatic carbocycles. The molecule has 8 bridgehead atoms. The molecular weight excluding hydrogens is 628 g/mol. The number of carbonyl (C=O) groups excluding carboxylic acids is 2. The molecule has 1 amide bonds. The fourth-order valence-corrected chi connectivity index (χ4v) is 6.04. The molecule has 1 aromatic carbocycles. The number of benzene rings is 1. The van der Waals surface area contributed by atoms with Crippen molar-refractivity contribution in [1.29, 1.82) is 0 Å². The second-order valence-corrected chi connectivity index (χ2v) is 11.7. The number of aliphatic imine (C=N–C) groups is 2. The van der Waals surface area contributed by atoms with E-state index in [1.54, 1.807) is 42.7 Å². The van der Waals surface area contributed by atoms with Crippen molar-refractivity contribution in [2.45, 2.75) is 11.7 Å². The largest absolute Gasteiger partial charge is 0.371 e. The molecular formula is C37H25F2N7O3. The van der Waals surface area contributed by atoms with E-state index in [1.807, 2.05) is 42.5 Å². The van der Waals surface area contributed by atoms with Crippen molar-refractivity contribution >= 4 is 41.3 Å². The van der Waals surface area contributed by atoms with Crippen molar-refractivity contribution in [3.05, 3.63) is 158 Å². The highest BCUT2D eigenvalue weighted by Crippen LogP contribution is 2.30. The van der Waals surface area contributed by atoms with E-state index in [1.165, 1.54) is 12.4 Å². The molecule has 7 heterocycles. The van der Waals surface area contributed by atoms with Gasteiger partial charge in [-0.25, -0.2) is 18.8 Å². The van der Waals surface area contributed by atoms with Gasteiger partial charge in [0, 0.05) is 63.4 Å². The number of nitrogens with one attached hydrogen (secondary N) is 5. The van der Waals surface area contributed by atoms with E-state index in [-0.39, 0.29) is 22.5 Å². The second kappa shape index (κ2) is 11.5. The highest BCUT2D eigenvalue weighted by atomic mass is 19.1. The van der Waals surface area contributed by atoms with Gasteiger partial charge in [-0.1, -0.05) is 0 Å². The van der Waals surface area contributed by atoms with Crippen LogP contribution in [0.25, 0.3) is 29.4 Å². The van der Waals surface area contributed by atoms with Crippen LogP contribution in [0.2, 0.25) is 0 Å². The summed E-state index contributed by atoms with van der Waals surface area (Å²) < 4.78 is 28.3. The Kier molecular flexibility index (Phi) is 6.99. The van der Waals surface area contributed by atoms with Gasteiger partial charge in [0.1, 0.15) is 23.2 Å². The molecule has 2 atom stereocenters. The van der Waals surface area contributed by atoms with Crippen molar-refractivity contribution in [3.8, 4) is 11.1 Å². The summed E-state index contributed by atoms with van der Waals surface area (Å²) in [5.74, 6) is -2.79. The van der Waals surface area contributed by atoms with Crippen LogP contribution in [0, 0.1) is 11.6 Å². The topological polar surface area (TPSA) is 147 Å². The number of aromatic nitrogens is 3. The molecule has 2 unspecified atom stereocenters. The van der Waals surface area contributed by atoms with Crippen LogP contribution in [0.15, 0.2) is 129 Å². The fraction of sp³-hybridized carbons (Fsp3) is 0.0541. The van der Waals surface area contributed by atoms with E-state index in [9.17, 15) is 23.2 Å². The first-order valence-electron chi connectivity index (χ1n) is 15.3. The van der Waals surface area contributed by atoms with E-state index in [0.717, 1.165) is 28.5 Å². The fourth-order valence-electron chi connectivity index (χ4n) is 6.04. The third-order valence-electron chi connectivity index (χ3n) is 8.34. The van der Waals surface area contributed by atoms with Crippen LogP contribution in [-0.4, -0.2) is 49.8 Å². The zero-order valence-corrected chi connectivity index (χ0v) is 25.4. The number of H-pyrrole nitrogens is 3. The summed E-state index contributed by atoms with van der Waals surface area (Å²) in [6, 6.07) is 9.45. The molecule has 12 heteroatoms. The van der Waals surface area contributed by atoms with Crippen molar-refractivity contribution in [2.75, 3.05) is 0 Å². The Balaban J connectivity index is 1.26. The molecule has 3 aromatic heterocycles. The lowest BCUT2D eigenvalue weighted by Gasteiger charge is -2.23. The Morgan fingerprint density at radius 2 is 1.80 bits per heavy atom. The van der Waals surface area contributed by atoms with Crippen LogP contribution in [0.5, 0.6) is 0 Å². The van der Waals surface area contributed by atoms with Crippen LogP contribution in [-0.2, 0) is 4.79 Å².